The maximum absolute atomic E-state index is 13.0. The Balaban J connectivity index is 1.10. The number of hydrogen-bond donors (Lipinski definition) is 4. The number of carbonyl (C=O) groups excluding carboxylic acids is 3. The first-order chi connectivity index (χ1) is 22.9. The number of carbonyl (C=O) groups is 3. The van der Waals surface area contributed by atoms with Gasteiger partial charge in [-0.25, -0.2) is 14.8 Å². The Morgan fingerprint density at radius 1 is 0.830 bits per heavy atom. The van der Waals surface area contributed by atoms with Crippen LogP contribution in [0, 0.1) is 0 Å². The van der Waals surface area contributed by atoms with Crippen molar-refractivity contribution in [2.45, 2.75) is 57.7 Å². The number of alkyl carbamates (subject to hydrolysis) is 1. The van der Waals surface area contributed by atoms with Crippen molar-refractivity contribution in [3.63, 3.8) is 0 Å². The first kappa shape index (κ1) is 32.0. The lowest BCUT2D eigenvalue weighted by Crippen LogP contribution is -2.46. The Morgan fingerprint density at radius 3 is 1.83 bits per heavy atom. The Bertz CT molecular complexity index is 1700. The summed E-state index contributed by atoms with van der Waals surface area (Å²) in [6, 6.07) is 15.8. The summed E-state index contributed by atoms with van der Waals surface area (Å²) in [5.41, 5.74) is 6.02. The van der Waals surface area contributed by atoms with Crippen molar-refractivity contribution in [2.75, 3.05) is 33.3 Å². The van der Waals surface area contributed by atoms with Crippen molar-refractivity contribution in [3.8, 4) is 33.6 Å². The summed E-state index contributed by atoms with van der Waals surface area (Å²) in [5, 5.41) is 5.69. The number of aromatic nitrogens is 4. The molecule has 246 valence electrons. The Morgan fingerprint density at radius 2 is 1.32 bits per heavy atom. The fraction of sp³-hybridized carbons (Fsp3) is 0.400. The predicted molar refractivity (Wildman–Crippen MR) is 178 cm³/mol. The van der Waals surface area contributed by atoms with E-state index in [-0.39, 0.29) is 23.9 Å². The van der Waals surface area contributed by atoms with E-state index in [4.69, 9.17) is 0 Å². The molecule has 4 aromatic rings. The fourth-order valence-corrected chi connectivity index (χ4v) is 6.53. The van der Waals surface area contributed by atoms with Crippen LogP contribution in [0.1, 0.15) is 63.3 Å². The number of likely N-dealkylation sites (tertiary alicyclic amines) is 2. The molecule has 0 radical (unpaired) electrons. The minimum absolute atomic E-state index is 0.0164. The number of amides is 3. The smallest absolute Gasteiger partial charge is 0.407 e. The summed E-state index contributed by atoms with van der Waals surface area (Å²) in [4.78, 5) is 57.2. The standard InChI is InChI=1S/C35H42N8O4/c1-4-36-21-31(44)42-17-5-7-29(42)32-37-19-27(40-32)25-13-9-23(10-14-25)24-11-15-26(16-12-24)28-20-38-33(41-28)30-8-6-18-43(30)34(45)22(2)39-35(46)47-3/h9-16,19-20,22,29-30,36H,4-8,17-18,21H2,1-3H3,(H,37,40)(H,38,41)(H,39,46)/t22-,29-,30-/m0/s1. The molecule has 2 saturated heterocycles. The lowest BCUT2D eigenvalue weighted by atomic mass is 10.0. The van der Waals surface area contributed by atoms with Gasteiger partial charge in [-0.1, -0.05) is 55.5 Å². The van der Waals surface area contributed by atoms with Crippen molar-refractivity contribution in [2.24, 2.45) is 0 Å². The van der Waals surface area contributed by atoms with Crippen LogP contribution < -0.4 is 10.6 Å². The average molecular weight is 639 g/mol. The lowest BCUT2D eigenvalue weighted by Gasteiger charge is -2.26. The summed E-state index contributed by atoms with van der Waals surface area (Å²) in [5.74, 6) is 1.52. The van der Waals surface area contributed by atoms with Gasteiger partial charge >= 0.3 is 6.09 Å². The third-order valence-corrected chi connectivity index (χ3v) is 9.07. The van der Waals surface area contributed by atoms with Crippen LogP contribution in [-0.4, -0.2) is 87.0 Å². The second kappa shape index (κ2) is 14.2. The van der Waals surface area contributed by atoms with Gasteiger partial charge in [0.2, 0.25) is 11.8 Å². The highest BCUT2D eigenvalue weighted by Gasteiger charge is 2.35. The Hall–Kier alpha value is -4.97. The van der Waals surface area contributed by atoms with Crippen molar-refractivity contribution >= 4 is 17.9 Å². The molecule has 0 spiro atoms. The molecular weight excluding hydrogens is 596 g/mol. The molecule has 3 atom stereocenters. The molecule has 0 unspecified atom stereocenters. The van der Waals surface area contributed by atoms with Gasteiger partial charge < -0.3 is 35.1 Å². The van der Waals surface area contributed by atoms with Gasteiger partial charge in [0.05, 0.1) is 49.5 Å². The van der Waals surface area contributed by atoms with Crippen LogP contribution in [0.2, 0.25) is 0 Å². The fourth-order valence-electron chi connectivity index (χ4n) is 6.53. The Labute approximate surface area is 274 Å². The number of benzene rings is 2. The first-order valence-corrected chi connectivity index (χ1v) is 16.3. The molecule has 3 amide bonds. The molecule has 4 heterocycles. The van der Waals surface area contributed by atoms with Gasteiger partial charge in [-0.3, -0.25) is 9.59 Å². The molecule has 12 nitrogen and oxygen atoms in total. The van der Waals surface area contributed by atoms with E-state index in [9.17, 15) is 14.4 Å². The SMILES string of the molecule is CCNCC(=O)N1CCC[C@H]1c1ncc(-c2ccc(-c3ccc(-c4cnc([C@@H]5CCCN5C(=O)[C@H](C)NC(=O)OC)[nH]4)cc3)cc2)[nH]1. The molecule has 2 aliphatic heterocycles. The minimum Gasteiger partial charge on any atom is -0.453 e. The second-order valence-corrected chi connectivity index (χ2v) is 12.1. The zero-order valence-corrected chi connectivity index (χ0v) is 27.1. The predicted octanol–water partition coefficient (Wildman–Crippen LogP) is 4.81. The molecule has 0 bridgehead atoms. The number of aromatic amines is 2. The summed E-state index contributed by atoms with van der Waals surface area (Å²) in [6.45, 7) is 6.15. The number of imidazole rings is 2. The van der Waals surface area contributed by atoms with Crippen molar-refractivity contribution < 1.29 is 19.1 Å². The van der Waals surface area contributed by atoms with E-state index >= 15 is 0 Å². The third-order valence-electron chi connectivity index (χ3n) is 9.07. The summed E-state index contributed by atoms with van der Waals surface area (Å²) < 4.78 is 4.64. The van der Waals surface area contributed by atoms with Gasteiger partial charge in [0.15, 0.2) is 0 Å². The number of hydrogen-bond acceptors (Lipinski definition) is 7. The molecule has 4 N–H and O–H groups in total. The van der Waals surface area contributed by atoms with Crippen molar-refractivity contribution in [1.29, 1.82) is 0 Å². The highest BCUT2D eigenvalue weighted by Crippen LogP contribution is 2.34. The van der Waals surface area contributed by atoms with Crippen LogP contribution in [-0.2, 0) is 14.3 Å². The zero-order chi connectivity index (χ0) is 32.9. The number of rotatable bonds is 10. The number of H-pyrrole nitrogens is 2. The van der Waals surface area contributed by atoms with Gasteiger partial charge in [0.25, 0.3) is 0 Å². The monoisotopic (exact) mass is 638 g/mol. The van der Waals surface area contributed by atoms with E-state index in [0.29, 0.717) is 13.1 Å². The highest BCUT2D eigenvalue weighted by molar-refractivity contribution is 5.85. The highest BCUT2D eigenvalue weighted by atomic mass is 16.5. The van der Waals surface area contributed by atoms with Crippen LogP contribution >= 0.6 is 0 Å². The van der Waals surface area contributed by atoms with Gasteiger partial charge in [-0.05, 0) is 61.4 Å². The maximum atomic E-state index is 13.0. The molecule has 2 fully saturated rings. The van der Waals surface area contributed by atoms with Crippen LogP contribution in [0.25, 0.3) is 33.6 Å². The topological polar surface area (TPSA) is 148 Å². The minimum atomic E-state index is -0.691. The molecule has 2 aromatic heterocycles. The van der Waals surface area contributed by atoms with E-state index in [1.165, 1.54) is 7.11 Å². The number of ether oxygens (including phenoxy) is 1. The lowest BCUT2D eigenvalue weighted by molar-refractivity contribution is -0.134. The zero-order valence-electron chi connectivity index (χ0n) is 27.1. The van der Waals surface area contributed by atoms with E-state index in [1.807, 2.05) is 18.0 Å². The number of likely N-dealkylation sites (N-methyl/N-ethyl adjacent to an activating group) is 1. The molecule has 47 heavy (non-hydrogen) atoms. The van der Waals surface area contributed by atoms with E-state index in [1.54, 1.807) is 18.0 Å². The van der Waals surface area contributed by atoms with Crippen molar-refractivity contribution in [3.05, 3.63) is 72.6 Å². The van der Waals surface area contributed by atoms with Crippen molar-refractivity contribution in [1.82, 2.24) is 40.4 Å². The normalized spacial score (nSPS) is 18.4. The molecule has 0 saturated carbocycles. The second-order valence-electron chi connectivity index (χ2n) is 12.1. The molecule has 12 heteroatoms. The van der Waals surface area contributed by atoms with Gasteiger partial charge in [0.1, 0.15) is 17.7 Å². The van der Waals surface area contributed by atoms with E-state index < -0.39 is 12.1 Å². The van der Waals surface area contributed by atoms with Crippen LogP contribution in [0.4, 0.5) is 4.79 Å². The van der Waals surface area contributed by atoms with Gasteiger partial charge in [0, 0.05) is 13.1 Å². The number of nitrogens with one attached hydrogen (secondary N) is 4. The van der Waals surface area contributed by atoms with E-state index in [0.717, 1.165) is 84.1 Å². The van der Waals surface area contributed by atoms with Crippen LogP contribution in [0.15, 0.2) is 60.9 Å². The molecule has 0 aliphatic carbocycles. The Kier molecular flexibility index (Phi) is 9.67. The van der Waals surface area contributed by atoms with Gasteiger partial charge in [-0.2, -0.15) is 0 Å². The maximum Gasteiger partial charge on any atom is 0.407 e. The molecular formula is C35H42N8O4. The largest absolute Gasteiger partial charge is 0.453 e. The summed E-state index contributed by atoms with van der Waals surface area (Å²) >= 11 is 0. The third kappa shape index (κ3) is 6.92. The number of methoxy groups -OCH3 is 1. The first-order valence-electron chi connectivity index (χ1n) is 16.3. The quantitative estimate of drug-likeness (QED) is 0.195. The summed E-state index contributed by atoms with van der Waals surface area (Å²) in [7, 11) is 1.28. The molecule has 2 aromatic carbocycles. The van der Waals surface area contributed by atoms with Gasteiger partial charge in [-0.15, -0.1) is 0 Å². The summed E-state index contributed by atoms with van der Waals surface area (Å²) in [6.07, 6.45) is 6.58. The van der Waals surface area contributed by atoms with E-state index in [2.05, 4.69) is 83.8 Å². The molecule has 6 rings (SSSR count). The average Bonchev–Trinajstić information content (AvgIpc) is 3.93. The van der Waals surface area contributed by atoms with Crippen LogP contribution in [0.3, 0.4) is 0 Å². The van der Waals surface area contributed by atoms with Crippen LogP contribution in [0.5, 0.6) is 0 Å². The molecule has 2 aliphatic rings. The number of nitrogens with zero attached hydrogens (tertiary/aromatic N) is 4.